The van der Waals surface area contributed by atoms with Crippen molar-refractivity contribution in [2.45, 2.75) is 6.54 Å². The third kappa shape index (κ3) is 5.02. The number of carbonyl (C=O) groups is 1. The molecule has 82 valence electrons. The molecule has 0 saturated carbocycles. The largest absolute Gasteiger partial charge is 0.448 e. The van der Waals surface area contributed by atoms with E-state index in [2.05, 4.69) is 10.6 Å². The zero-order valence-corrected chi connectivity index (χ0v) is 8.82. The highest BCUT2D eigenvalue weighted by Gasteiger charge is 2.00. The third-order valence-corrected chi connectivity index (χ3v) is 1.86. The van der Waals surface area contributed by atoms with E-state index in [1.165, 1.54) is 0 Å². The number of rotatable bonds is 5. The summed E-state index contributed by atoms with van der Waals surface area (Å²) in [5, 5.41) is 5.56. The Bertz CT molecular complexity index is 288. The van der Waals surface area contributed by atoms with Gasteiger partial charge in [-0.05, 0) is 12.6 Å². The number of ether oxygens (including phenoxy) is 1. The van der Waals surface area contributed by atoms with E-state index >= 15 is 0 Å². The standard InChI is InChI=1S/C11H16N2O2/c1-12-7-8-15-11(14)13-9-10-5-3-2-4-6-10/h2-6,12H,7-9H2,1H3,(H,13,14). The Morgan fingerprint density at radius 2 is 2.07 bits per heavy atom. The number of hydrogen-bond donors (Lipinski definition) is 2. The Morgan fingerprint density at radius 1 is 1.33 bits per heavy atom. The molecule has 2 N–H and O–H groups in total. The molecule has 1 amide bonds. The Hall–Kier alpha value is -1.55. The van der Waals surface area contributed by atoms with E-state index in [4.69, 9.17) is 4.74 Å². The predicted octanol–water partition coefficient (Wildman–Crippen LogP) is 1.13. The maximum atomic E-state index is 11.1. The topological polar surface area (TPSA) is 50.4 Å². The number of carbonyl (C=O) groups excluding carboxylic acids is 1. The molecule has 0 aliphatic rings. The SMILES string of the molecule is CNCCOC(=O)NCc1ccccc1. The highest BCUT2D eigenvalue weighted by atomic mass is 16.5. The lowest BCUT2D eigenvalue weighted by atomic mass is 10.2. The molecule has 15 heavy (non-hydrogen) atoms. The molecule has 1 rings (SSSR count). The van der Waals surface area contributed by atoms with Crippen LogP contribution < -0.4 is 10.6 Å². The van der Waals surface area contributed by atoms with Crippen LogP contribution in [0.5, 0.6) is 0 Å². The first-order valence-corrected chi connectivity index (χ1v) is 4.92. The van der Waals surface area contributed by atoms with Gasteiger partial charge in [-0.1, -0.05) is 30.3 Å². The summed E-state index contributed by atoms with van der Waals surface area (Å²) in [5.74, 6) is 0. The fourth-order valence-electron chi connectivity index (χ4n) is 1.07. The number of hydrogen-bond acceptors (Lipinski definition) is 3. The zero-order chi connectivity index (χ0) is 10.9. The van der Waals surface area contributed by atoms with Gasteiger partial charge in [-0.15, -0.1) is 0 Å². The first kappa shape index (κ1) is 11.5. The minimum absolute atomic E-state index is 0.380. The fraction of sp³-hybridized carbons (Fsp3) is 0.364. The molecule has 0 unspecified atom stereocenters. The van der Waals surface area contributed by atoms with Crippen LogP contribution in [0.4, 0.5) is 4.79 Å². The van der Waals surface area contributed by atoms with Crippen molar-refractivity contribution < 1.29 is 9.53 Å². The summed E-state index contributed by atoms with van der Waals surface area (Å²) in [4.78, 5) is 11.1. The molecule has 4 nitrogen and oxygen atoms in total. The van der Waals surface area contributed by atoms with Crippen molar-refractivity contribution in [1.29, 1.82) is 0 Å². The van der Waals surface area contributed by atoms with E-state index in [0.717, 1.165) is 5.56 Å². The van der Waals surface area contributed by atoms with Gasteiger partial charge >= 0.3 is 6.09 Å². The highest BCUT2D eigenvalue weighted by Crippen LogP contribution is 1.97. The molecule has 0 fully saturated rings. The number of likely N-dealkylation sites (N-methyl/N-ethyl adjacent to an activating group) is 1. The molecular weight excluding hydrogens is 192 g/mol. The number of amides is 1. The lowest BCUT2D eigenvalue weighted by molar-refractivity contribution is 0.147. The molecule has 0 atom stereocenters. The summed E-state index contributed by atoms with van der Waals surface area (Å²) in [6.45, 7) is 1.55. The molecule has 1 aromatic rings. The minimum atomic E-state index is -0.380. The smallest absolute Gasteiger partial charge is 0.407 e. The molecule has 0 radical (unpaired) electrons. The van der Waals surface area contributed by atoms with Crippen molar-refractivity contribution in [3.8, 4) is 0 Å². The maximum absolute atomic E-state index is 11.1. The molecule has 0 heterocycles. The molecule has 0 spiro atoms. The van der Waals surface area contributed by atoms with Crippen molar-refractivity contribution in [2.75, 3.05) is 20.2 Å². The highest BCUT2D eigenvalue weighted by molar-refractivity contribution is 5.67. The average Bonchev–Trinajstić information content (AvgIpc) is 2.28. The zero-order valence-electron chi connectivity index (χ0n) is 8.82. The molecule has 0 bridgehead atoms. The molecule has 0 aliphatic carbocycles. The van der Waals surface area contributed by atoms with Gasteiger partial charge in [-0.3, -0.25) is 0 Å². The fourth-order valence-corrected chi connectivity index (χ4v) is 1.07. The molecule has 0 aromatic heterocycles. The van der Waals surface area contributed by atoms with Crippen LogP contribution in [0.25, 0.3) is 0 Å². The van der Waals surface area contributed by atoms with E-state index in [1.54, 1.807) is 0 Å². The third-order valence-electron chi connectivity index (χ3n) is 1.86. The quantitative estimate of drug-likeness (QED) is 0.713. The average molecular weight is 208 g/mol. The van der Waals surface area contributed by atoms with Gasteiger partial charge < -0.3 is 15.4 Å². The number of benzene rings is 1. The lowest BCUT2D eigenvalue weighted by Crippen LogP contribution is -2.26. The Kier molecular flexibility index (Phi) is 5.25. The number of alkyl carbamates (subject to hydrolysis) is 1. The second kappa shape index (κ2) is 6.84. The van der Waals surface area contributed by atoms with Crippen molar-refractivity contribution in [3.63, 3.8) is 0 Å². The van der Waals surface area contributed by atoms with Crippen LogP contribution >= 0.6 is 0 Å². The second-order valence-corrected chi connectivity index (χ2v) is 3.08. The van der Waals surface area contributed by atoms with Crippen molar-refractivity contribution in [1.82, 2.24) is 10.6 Å². The molecule has 1 aromatic carbocycles. The van der Waals surface area contributed by atoms with Crippen LogP contribution in [0.15, 0.2) is 30.3 Å². The van der Waals surface area contributed by atoms with Gasteiger partial charge in [0.15, 0.2) is 0 Å². The van der Waals surface area contributed by atoms with Gasteiger partial charge in [-0.25, -0.2) is 4.79 Å². The van der Waals surface area contributed by atoms with Gasteiger partial charge in [0.05, 0.1) is 0 Å². The Labute approximate surface area is 89.6 Å². The Balaban J connectivity index is 2.17. The number of nitrogens with one attached hydrogen (secondary N) is 2. The van der Waals surface area contributed by atoms with Crippen LogP contribution in [-0.4, -0.2) is 26.3 Å². The van der Waals surface area contributed by atoms with Crippen molar-refractivity contribution >= 4 is 6.09 Å². The van der Waals surface area contributed by atoms with Gasteiger partial charge in [0.25, 0.3) is 0 Å². The van der Waals surface area contributed by atoms with E-state index in [-0.39, 0.29) is 6.09 Å². The normalized spacial score (nSPS) is 9.67. The first-order chi connectivity index (χ1) is 7.33. The van der Waals surface area contributed by atoms with E-state index in [0.29, 0.717) is 19.7 Å². The van der Waals surface area contributed by atoms with E-state index in [1.807, 2.05) is 37.4 Å². The van der Waals surface area contributed by atoms with Crippen molar-refractivity contribution in [2.24, 2.45) is 0 Å². The van der Waals surface area contributed by atoms with Crippen molar-refractivity contribution in [3.05, 3.63) is 35.9 Å². The van der Waals surface area contributed by atoms with Gasteiger partial charge in [0.1, 0.15) is 6.61 Å². The summed E-state index contributed by atoms with van der Waals surface area (Å²) < 4.78 is 4.89. The maximum Gasteiger partial charge on any atom is 0.407 e. The molecule has 0 aliphatic heterocycles. The summed E-state index contributed by atoms with van der Waals surface area (Å²) in [7, 11) is 1.81. The molecular formula is C11H16N2O2. The van der Waals surface area contributed by atoms with Crippen LogP contribution in [0.2, 0.25) is 0 Å². The van der Waals surface area contributed by atoms with Gasteiger partial charge in [0, 0.05) is 13.1 Å². The Morgan fingerprint density at radius 3 is 2.73 bits per heavy atom. The van der Waals surface area contributed by atoms with E-state index < -0.39 is 0 Å². The monoisotopic (exact) mass is 208 g/mol. The van der Waals surface area contributed by atoms with Crippen LogP contribution in [0.3, 0.4) is 0 Å². The second-order valence-electron chi connectivity index (χ2n) is 3.08. The summed E-state index contributed by atoms with van der Waals surface area (Å²) in [6, 6.07) is 9.71. The first-order valence-electron chi connectivity index (χ1n) is 4.92. The molecule has 4 heteroatoms. The van der Waals surface area contributed by atoms with Gasteiger partial charge in [-0.2, -0.15) is 0 Å². The summed E-state index contributed by atoms with van der Waals surface area (Å²) in [5.41, 5.74) is 1.06. The van der Waals surface area contributed by atoms with Crippen LogP contribution in [0, 0.1) is 0 Å². The van der Waals surface area contributed by atoms with Crippen LogP contribution in [0.1, 0.15) is 5.56 Å². The lowest BCUT2D eigenvalue weighted by Gasteiger charge is -2.06. The minimum Gasteiger partial charge on any atom is -0.448 e. The van der Waals surface area contributed by atoms with E-state index in [9.17, 15) is 4.79 Å². The molecule has 0 saturated heterocycles. The van der Waals surface area contributed by atoms with Gasteiger partial charge in [0.2, 0.25) is 0 Å². The summed E-state index contributed by atoms with van der Waals surface area (Å²) in [6.07, 6.45) is -0.380. The summed E-state index contributed by atoms with van der Waals surface area (Å²) >= 11 is 0. The van der Waals surface area contributed by atoms with Crippen LogP contribution in [-0.2, 0) is 11.3 Å². The predicted molar refractivity (Wildman–Crippen MR) is 58.6 cm³/mol.